The van der Waals surface area contributed by atoms with E-state index < -0.39 is 76.9 Å². The van der Waals surface area contributed by atoms with Gasteiger partial charge >= 0.3 is 5.97 Å². The van der Waals surface area contributed by atoms with Crippen molar-refractivity contribution in [2.75, 3.05) is 63.3 Å². The maximum Gasteiger partial charge on any atom is 0.302 e. The Hall–Kier alpha value is -6.25. The third kappa shape index (κ3) is 10.3. The van der Waals surface area contributed by atoms with Crippen molar-refractivity contribution in [1.82, 2.24) is 9.88 Å². The van der Waals surface area contributed by atoms with Crippen molar-refractivity contribution in [3.63, 3.8) is 0 Å². The monoisotopic (exact) mass is 985 g/mol. The molecule has 1 fully saturated rings. The van der Waals surface area contributed by atoms with Gasteiger partial charge in [0.25, 0.3) is 11.7 Å². The zero-order valence-electron chi connectivity index (χ0n) is 42.0. The van der Waals surface area contributed by atoms with Crippen molar-refractivity contribution in [3.05, 3.63) is 69.6 Å². The number of aliphatic hydroxyl groups excluding tert-OH is 2. The number of aromatic hydroxyl groups is 2. The van der Waals surface area contributed by atoms with Gasteiger partial charge in [0.1, 0.15) is 40.3 Å². The molecule has 1 amide bonds. The number of amides is 1. The van der Waals surface area contributed by atoms with Gasteiger partial charge in [-0.15, -0.1) is 0 Å². The zero-order chi connectivity index (χ0) is 51.6. The number of hydrogen-bond donors (Lipinski definition) is 6. The lowest BCUT2D eigenvalue weighted by Gasteiger charge is -2.38. The number of nitrogens with one attached hydrogen (secondary N) is 1. The van der Waals surface area contributed by atoms with E-state index in [1.54, 1.807) is 52.0 Å². The van der Waals surface area contributed by atoms with Crippen molar-refractivity contribution in [2.45, 2.75) is 98.9 Å². The number of nitrogens with zero attached hydrogens (tertiary/aromatic N) is 4. The van der Waals surface area contributed by atoms with Crippen LogP contribution in [0.1, 0.15) is 72.9 Å². The lowest BCUT2D eigenvalue weighted by atomic mass is 9.78. The Kier molecular flexibility index (Phi) is 16.0. The zero-order valence-corrected chi connectivity index (χ0v) is 42.0. The molecule has 5 aliphatic heterocycles. The van der Waals surface area contributed by atoms with Crippen LogP contribution in [-0.4, -0.2) is 136 Å². The highest BCUT2D eigenvalue weighted by molar-refractivity contribution is 6.24. The maximum absolute atomic E-state index is 15.0. The molecule has 5 heterocycles. The number of fused-ring (bicyclic) bond motifs is 14. The summed E-state index contributed by atoms with van der Waals surface area (Å²) in [6, 6.07) is 3.28. The van der Waals surface area contributed by atoms with Crippen LogP contribution < -0.4 is 20.4 Å². The van der Waals surface area contributed by atoms with Gasteiger partial charge in [-0.3, -0.25) is 19.3 Å². The first-order valence-corrected chi connectivity index (χ1v) is 24.1. The molecule has 19 heteroatoms. The minimum Gasteiger partial charge on any atom is -0.507 e. The molecule has 0 aromatic heterocycles. The smallest absolute Gasteiger partial charge is 0.302 e. The summed E-state index contributed by atoms with van der Waals surface area (Å²) < 4.78 is 36.6. The molecule has 0 unspecified atom stereocenters. The van der Waals surface area contributed by atoms with Gasteiger partial charge in [0.05, 0.1) is 42.1 Å². The highest BCUT2D eigenvalue weighted by Crippen LogP contribution is 2.51. The number of hydrogen-bond acceptors (Lipinski definition) is 18. The van der Waals surface area contributed by atoms with Gasteiger partial charge in [-0.05, 0) is 26.3 Å². The molecule has 0 radical (unpaired) electrons. The predicted octanol–water partition coefficient (Wildman–Crippen LogP) is 6.20. The molecule has 0 saturated carbocycles. The molecule has 1 saturated heterocycles. The topological polar surface area (TPSA) is 255 Å². The second-order valence-corrected chi connectivity index (χ2v) is 19.1. The number of aliphatic hydroxyl groups is 2. The summed E-state index contributed by atoms with van der Waals surface area (Å²) in [5.74, 6) is -6.83. The molecular weight excluding hydrogens is 919 g/mol. The number of ether oxygens (including phenoxy) is 5. The lowest BCUT2D eigenvalue weighted by Crippen LogP contribution is -2.47. The fourth-order valence-corrected chi connectivity index (χ4v) is 9.88. The summed E-state index contributed by atoms with van der Waals surface area (Å²) in [7, 11) is 1.45. The van der Waals surface area contributed by atoms with Gasteiger partial charge in [0.15, 0.2) is 17.1 Å². The third-order valence-electron chi connectivity index (χ3n) is 14.2. The second-order valence-electron chi connectivity index (χ2n) is 19.1. The summed E-state index contributed by atoms with van der Waals surface area (Å²) >= 11 is 0. The Labute approximate surface area is 412 Å². The SMILES string of the molecule is CCCOCCN1CCN(c2cc(O)c3nc4c5c6c7c(C)c(O)c5c(=O)c(c-4oc3c2)NC(=O)/C(C)=C\C=C\[C@H](C)[C@H](O)[C@@H](C)[C@@H](O)[C@@H](C)[C@H](OC(C)=O)[C@H](C)[C@@H](OC)/C=C/O[C@@](C)(O7)/C6=N\O)CC1. The summed E-state index contributed by atoms with van der Waals surface area (Å²) in [5, 5.41) is 63.6. The normalized spacial score (nSPS) is 29.2. The van der Waals surface area contributed by atoms with E-state index in [4.69, 9.17) is 33.1 Å². The molecule has 6 aliphatic rings. The van der Waals surface area contributed by atoms with Crippen LogP contribution in [0.15, 0.2) is 62.6 Å². The lowest BCUT2D eigenvalue weighted by molar-refractivity contribution is -0.160. The number of allylic oxidation sites excluding steroid dienone is 2. The van der Waals surface area contributed by atoms with E-state index in [2.05, 4.69) is 27.2 Å². The van der Waals surface area contributed by atoms with E-state index in [1.807, 2.05) is 0 Å². The first kappa shape index (κ1) is 52.6. The number of phenolic OH excluding ortho intramolecular Hbond substituents is 2. The number of oxime groups is 1. The van der Waals surface area contributed by atoms with Crippen molar-refractivity contribution >= 4 is 50.8 Å². The summed E-state index contributed by atoms with van der Waals surface area (Å²) in [6.45, 7) is 19.6. The number of carbonyl (C=O) groups excluding carboxylic acids is 2. The van der Waals surface area contributed by atoms with E-state index in [0.29, 0.717) is 32.0 Å². The number of rotatable bonds is 8. The second kappa shape index (κ2) is 21.6. The van der Waals surface area contributed by atoms with Crippen molar-refractivity contribution in [2.24, 2.45) is 28.8 Å². The molecule has 384 valence electrons. The molecule has 2 aromatic carbocycles. The van der Waals surface area contributed by atoms with E-state index in [0.717, 1.165) is 26.1 Å². The molecule has 1 aliphatic carbocycles. The van der Waals surface area contributed by atoms with Crippen molar-refractivity contribution in [3.8, 4) is 28.7 Å². The quantitative estimate of drug-likeness (QED) is 0.0287. The number of methoxy groups -OCH3 is 1. The first-order valence-electron chi connectivity index (χ1n) is 24.1. The molecule has 5 bridgehead atoms. The van der Waals surface area contributed by atoms with E-state index in [9.17, 15) is 35.2 Å². The Morgan fingerprint density at radius 1 is 0.986 bits per heavy atom. The Morgan fingerprint density at radius 2 is 1.70 bits per heavy atom. The van der Waals surface area contributed by atoms with Crippen LogP contribution in [0.2, 0.25) is 0 Å². The number of piperazine rings is 1. The Balaban J connectivity index is 1.41. The standard InChI is InChI=1S/C52H67N5O14/c1-11-21-67-23-20-56-16-18-57(19-17-56)33-24-34(59)40-36(25-33)70-49-41(53-40)37-38-45(62)31(7)48-39(37)50(55-65)52(9,71-48)68-22-15-35(66-10)28(4)47(69-32(8)58)30(6)44(61)29(5)43(60)26(2)13-12-14-27(3)51(64)54-42(49)46(38)63/h12-15,22,24-26,28-30,35,43-44,47,59-62,65H,11,16-21,23H2,1-10H3,(H,54,64)/b13-12+,22-15+,27-14-,55-50-/t26-,28+,29+,30+,35-,43-,44+,47+,52-/m0/s1. The number of anilines is 2. The number of carbonyl (C=O) groups is 2. The Morgan fingerprint density at radius 3 is 2.37 bits per heavy atom. The maximum atomic E-state index is 15.0. The minimum absolute atomic E-state index is 0.00374. The van der Waals surface area contributed by atoms with Gasteiger partial charge in [0.2, 0.25) is 5.43 Å². The number of phenols is 2. The van der Waals surface area contributed by atoms with Crippen LogP contribution in [0.25, 0.3) is 33.3 Å². The van der Waals surface area contributed by atoms with Crippen LogP contribution in [0.5, 0.6) is 17.2 Å². The summed E-state index contributed by atoms with van der Waals surface area (Å²) in [6.07, 6.45) is 4.51. The number of benzene rings is 3. The highest BCUT2D eigenvalue weighted by Gasteiger charge is 2.49. The van der Waals surface area contributed by atoms with Gasteiger partial charge in [-0.1, -0.05) is 58.0 Å². The Bertz CT molecular complexity index is 2800. The summed E-state index contributed by atoms with van der Waals surface area (Å²) in [4.78, 5) is 50.9. The molecule has 9 atom stereocenters. The number of esters is 1. The fraction of sp³-hybridized carbons (Fsp3) is 0.519. The highest BCUT2D eigenvalue weighted by atomic mass is 16.7. The van der Waals surface area contributed by atoms with Crippen molar-refractivity contribution < 1.29 is 63.3 Å². The summed E-state index contributed by atoms with van der Waals surface area (Å²) in [5.41, 5.74) is -0.642. The average molecular weight is 986 g/mol. The molecule has 8 rings (SSSR count). The van der Waals surface area contributed by atoms with E-state index >= 15 is 4.79 Å². The molecule has 0 spiro atoms. The van der Waals surface area contributed by atoms with E-state index in [-0.39, 0.29) is 72.9 Å². The average Bonchev–Trinajstić information content (AvgIpc) is 3.65. The van der Waals surface area contributed by atoms with Crippen LogP contribution >= 0.6 is 0 Å². The van der Waals surface area contributed by atoms with Crippen LogP contribution in [0.3, 0.4) is 0 Å². The first-order chi connectivity index (χ1) is 33.8. The van der Waals surface area contributed by atoms with Crippen LogP contribution in [0.4, 0.5) is 11.4 Å². The van der Waals surface area contributed by atoms with Gasteiger partial charge in [-0.2, -0.15) is 0 Å². The fourth-order valence-electron chi connectivity index (χ4n) is 9.88. The predicted molar refractivity (Wildman–Crippen MR) is 266 cm³/mol. The molecule has 6 N–H and O–H groups in total. The van der Waals surface area contributed by atoms with Crippen molar-refractivity contribution in [1.29, 1.82) is 0 Å². The van der Waals surface area contributed by atoms with Crippen LogP contribution in [-0.2, 0) is 28.5 Å². The van der Waals surface area contributed by atoms with Gasteiger partial charge in [-0.25, -0.2) is 4.98 Å². The third-order valence-corrected chi connectivity index (χ3v) is 14.2. The largest absolute Gasteiger partial charge is 0.507 e. The molecular formula is C52H67N5O14. The minimum atomic E-state index is -1.94. The van der Waals surface area contributed by atoms with Gasteiger partial charge < -0.3 is 64.0 Å². The molecule has 19 nitrogen and oxygen atoms in total. The van der Waals surface area contributed by atoms with Gasteiger partial charge in [0, 0.05) is 118 Å². The molecule has 2 aromatic rings. The van der Waals surface area contributed by atoms with E-state index in [1.165, 1.54) is 53.2 Å². The van der Waals surface area contributed by atoms with Crippen LogP contribution in [0, 0.1) is 30.6 Å². The number of aromatic nitrogens is 1. The molecule has 71 heavy (non-hydrogen) atoms.